The summed E-state index contributed by atoms with van der Waals surface area (Å²) in [5, 5.41) is 21.8. The van der Waals surface area contributed by atoms with Gasteiger partial charge >= 0.3 is 6.01 Å². The number of ether oxygens (including phenoxy) is 1. The lowest BCUT2D eigenvalue weighted by Crippen LogP contribution is -2.65. The van der Waals surface area contributed by atoms with Crippen molar-refractivity contribution in [2.75, 3.05) is 56.5 Å². The number of aromatic nitrogens is 2. The molecule has 5 fully saturated rings. The van der Waals surface area contributed by atoms with Gasteiger partial charge in [-0.15, -0.1) is 11.3 Å². The van der Waals surface area contributed by atoms with Gasteiger partial charge in [0.05, 0.1) is 20.8 Å². The number of benzene rings is 2. The second-order valence-electron chi connectivity index (χ2n) is 16.2. The van der Waals surface area contributed by atoms with Gasteiger partial charge in [-0.05, 0) is 95.0 Å². The molecule has 1 atom stereocenters. The number of carbonyl (C=O) groups is 1. The molecule has 10 nitrogen and oxygen atoms in total. The van der Waals surface area contributed by atoms with Crippen LogP contribution in [0.3, 0.4) is 0 Å². The second kappa shape index (κ2) is 12.6. The average Bonchev–Trinajstić information content (AvgIpc) is 3.75. The van der Waals surface area contributed by atoms with E-state index in [2.05, 4.69) is 15.9 Å². The number of thiophene rings is 1. The van der Waals surface area contributed by atoms with Crippen LogP contribution in [0.5, 0.6) is 6.01 Å². The number of nitrogens with zero attached hydrogens (tertiary/aromatic N) is 6. The van der Waals surface area contributed by atoms with Crippen molar-refractivity contribution in [3.8, 4) is 23.2 Å². The number of anilines is 2. The van der Waals surface area contributed by atoms with Crippen LogP contribution in [0.4, 0.5) is 19.6 Å². The number of fused-ring (bicyclic) bond motifs is 3. The van der Waals surface area contributed by atoms with E-state index in [1.165, 1.54) is 12.1 Å². The van der Waals surface area contributed by atoms with Crippen molar-refractivity contribution in [3.63, 3.8) is 0 Å². The smallest absolute Gasteiger partial charge is 0.319 e. The lowest BCUT2D eigenvalue weighted by atomic mass is 9.75. The molecule has 4 saturated heterocycles. The maximum Gasteiger partial charge on any atom is 0.319 e. The van der Waals surface area contributed by atoms with E-state index >= 15 is 8.78 Å². The van der Waals surface area contributed by atoms with Gasteiger partial charge in [-0.3, -0.25) is 9.69 Å². The Labute approximate surface area is 315 Å². The number of nitriles is 1. The quantitative estimate of drug-likeness (QED) is 0.207. The van der Waals surface area contributed by atoms with Gasteiger partial charge in [0.1, 0.15) is 40.4 Å². The number of hydrogen-bond acceptors (Lipinski definition) is 10. The standard InChI is InChI=1S/C39H42ClF2N7O3S/c1-37(51,22-6-7-22)35(50)48-19-38(20-48)10-2-3-13-47(18-38)34-24-16-26(40)29(23-8-9-27(41)32-28(23)25(17-43)33(44)53-32)30(42)31(24)45-36(46-34)52-21-39-11-4-14-49(39)15-5-12-39/h8-9,16,22,51H,2-7,10-15,18-21,44H2,1H3. The number of carbonyl (C=O) groups excluding carboxylic acids is 1. The molecular weight excluding hydrogens is 720 g/mol. The molecule has 1 aliphatic carbocycles. The summed E-state index contributed by atoms with van der Waals surface area (Å²) in [6.07, 6.45) is 8.69. The van der Waals surface area contributed by atoms with Crippen molar-refractivity contribution in [2.24, 2.45) is 11.3 Å². The van der Waals surface area contributed by atoms with Gasteiger partial charge in [-0.1, -0.05) is 24.1 Å². The number of rotatable bonds is 7. The summed E-state index contributed by atoms with van der Waals surface area (Å²) in [6.45, 7) is 6.36. The van der Waals surface area contributed by atoms with Crippen molar-refractivity contribution in [3.05, 3.63) is 40.4 Å². The van der Waals surface area contributed by atoms with Crippen molar-refractivity contribution in [1.82, 2.24) is 19.8 Å². The van der Waals surface area contributed by atoms with Gasteiger partial charge in [-0.25, -0.2) is 8.78 Å². The third kappa shape index (κ3) is 5.62. The fourth-order valence-corrected chi connectivity index (χ4v) is 11.0. The third-order valence-electron chi connectivity index (χ3n) is 12.7. The van der Waals surface area contributed by atoms with Crippen molar-refractivity contribution < 1.29 is 23.4 Å². The minimum absolute atomic E-state index is 0.00591. The van der Waals surface area contributed by atoms with Crippen LogP contribution in [0, 0.1) is 34.3 Å². The first-order valence-corrected chi connectivity index (χ1v) is 19.9. The summed E-state index contributed by atoms with van der Waals surface area (Å²) in [5.41, 5.74) is 4.80. The molecule has 2 aromatic carbocycles. The predicted octanol–water partition coefficient (Wildman–Crippen LogP) is 6.88. The fourth-order valence-electron chi connectivity index (χ4n) is 9.73. The molecule has 0 radical (unpaired) electrons. The number of halogens is 3. The molecule has 4 aromatic rings. The van der Waals surface area contributed by atoms with E-state index in [-0.39, 0.29) is 71.1 Å². The molecule has 5 aliphatic rings. The Balaban J connectivity index is 1.13. The van der Waals surface area contributed by atoms with E-state index in [1.807, 2.05) is 0 Å². The second-order valence-corrected chi connectivity index (χ2v) is 17.7. The van der Waals surface area contributed by atoms with Gasteiger partial charge in [0.25, 0.3) is 5.91 Å². The summed E-state index contributed by atoms with van der Waals surface area (Å²) in [7, 11) is 0. The maximum atomic E-state index is 17.3. The minimum Gasteiger partial charge on any atom is -0.461 e. The van der Waals surface area contributed by atoms with E-state index in [0.717, 1.165) is 82.2 Å². The van der Waals surface area contributed by atoms with E-state index in [9.17, 15) is 15.2 Å². The highest BCUT2D eigenvalue weighted by atomic mass is 35.5. The first kappa shape index (κ1) is 34.9. The lowest BCUT2D eigenvalue weighted by molar-refractivity contribution is -0.164. The zero-order valence-corrected chi connectivity index (χ0v) is 31.3. The first-order valence-electron chi connectivity index (χ1n) is 18.7. The molecule has 2 aromatic heterocycles. The van der Waals surface area contributed by atoms with Gasteiger partial charge in [0.15, 0.2) is 5.82 Å². The summed E-state index contributed by atoms with van der Waals surface area (Å²) >= 11 is 7.91. The van der Waals surface area contributed by atoms with Gasteiger partial charge < -0.3 is 25.4 Å². The largest absolute Gasteiger partial charge is 0.461 e. The van der Waals surface area contributed by atoms with Crippen LogP contribution in [0.25, 0.3) is 32.1 Å². The number of hydrogen-bond donors (Lipinski definition) is 2. The van der Waals surface area contributed by atoms with Gasteiger partial charge in [0.2, 0.25) is 0 Å². The Hall–Kier alpha value is -3.83. The van der Waals surface area contributed by atoms with Crippen LogP contribution in [-0.4, -0.2) is 87.8 Å². The zero-order chi connectivity index (χ0) is 36.9. The van der Waals surface area contributed by atoms with Crippen LogP contribution in [0.1, 0.15) is 70.3 Å². The Kier molecular flexibility index (Phi) is 8.31. The molecule has 9 rings (SSSR count). The minimum atomic E-state index is -1.35. The highest BCUT2D eigenvalue weighted by Crippen LogP contribution is 2.48. The summed E-state index contributed by atoms with van der Waals surface area (Å²) in [4.78, 5) is 29.5. The van der Waals surface area contributed by atoms with Gasteiger partial charge in [0, 0.05) is 47.9 Å². The van der Waals surface area contributed by atoms with Crippen LogP contribution in [0.2, 0.25) is 5.02 Å². The molecule has 1 spiro atoms. The fraction of sp³-hybridized carbons (Fsp3) is 0.538. The molecule has 53 heavy (non-hydrogen) atoms. The number of likely N-dealkylation sites (tertiary alicyclic amines) is 1. The first-order chi connectivity index (χ1) is 25.4. The predicted molar refractivity (Wildman–Crippen MR) is 201 cm³/mol. The van der Waals surface area contributed by atoms with Crippen LogP contribution < -0.4 is 15.4 Å². The number of aliphatic hydroxyl groups is 1. The SMILES string of the molecule is CC(O)(C(=O)N1CC2(CCCCN(c3nc(OCC45CCCN4CCC5)nc4c(F)c(-c5ccc(F)c6sc(N)c(C#N)c56)c(Cl)cc34)C2)C1)C1CC1. The molecule has 278 valence electrons. The molecule has 1 amide bonds. The van der Waals surface area contributed by atoms with Crippen LogP contribution in [0.15, 0.2) is 18.2 Å². The highest BCUT2D eigenvalue weighted by Gasteiger charge is 2.54. The molecule has 1 unspecified atom stereocenters. The Bertz CT molecular complexity index is 2200. The average molecular weight is 762 g/mol. The molecule has 4 aliphatic heterocycles. The molecule has 1 saturated carbocycles. The lowest BCUT2D eigenvalue weighted by Gasteiger charge is -2.53. The number of nitrogens with two attached hydrogens (primary N) is 1. The summed E-state index contributed by atoms with van der Waals surface area (Å²) in [5.74, 6) is -0.977. The van der Waals surface area contributed by atoms with E-state index in [1.54, 1.807) is 17.9 Å². The van der Waals surface area contributed by atoms with Crippen molar-refractivity contribution in [2.45, 2.75) is 75.9 Å². The van der Waals surface area contributed by atoms with Crippen LogP contribution in [-0.2, 0) is 4.79 Å². The van der Waals surface area contributed by atoms with Crippen LogP contribution >= 0.6 is 22.9 Å². The van der Waals surface area contributed by atoms with Crippen molar-refractivity contribution in [1.29, 1.82) is 5.26 Å². The van der Waals surface area contributed by atoms with E-state index in [0.29, 0.717) is 44.0 Å². The third-order valence-corrected chi connectivity index (χ3v) is 14.0. The molecule has 6 heterocycles. The monoisotopic (exact) mass is 761 g/mol. The Morgan fingerprint density at radius 2 is 1.89 bits per heavy atom. The number of amides is 1. The summed E-state index contributed by atoms with van der Waals surface area (Å²) < 4.78 is 38.9. The topological polar surface area (TPSA) is 132 Å². The van der Waals surface area contributed by atoms with E-state index < -0.39 is 17.2 Å². The molecular formula is C39H42ClF2N7O3S. The Morgan fingerprint density at radius 3 is 2.60 bits per heavy atom. The zero-order valence-electron chi connectivity index (χ0n) is 29.7. The highest BCUT2D eigenvalue weighted by molar-refractivity contribution is 7.23. The Morgan fingerprint density at radius 1 is 1.13 bits per heavy atom. The van der Waals surface area contributed by atoms with Crippen molar-refractivity contribution >= 4 is 60.7 Å². The number of nitrogen functional groups attached to an aromatic ring is 1. The maximum absolute atomic E-state index is 17.3. The van der Waals surface area contributed by atoms with Gasteiger partial charge in [-0.2, -0.15) is 15.2 Å². The normalized spacial score (nSPS) is 22.1. The molecule has 3 N–H and O–H groups in total. The van der Waals surface area contributed by atoms with E-state index in [4.69, 9.17) is 32.0 Å². The summed E-state index contributed by atoms with van der Waals surface area (Å²) in [6, 6.07) is 6.45. The molecule has 0 bridgehead atoms. The molecule has 14 heteroatoms.